The predicted octanol–water partition coefficient (Wildman–Crippen LogP) is 2.80. The van der Waals surface area contributed by atoms with Crippen molar-refractivity contribution in [3.05, 3.63) is 29.6 Å². The fourth-order valence-corrected chi connectivity index (χ4v) is 2.94. The van der Waals surface area contributed by atoms with Crippen molar-refractivity contribution in [3.8, 4) is 5.75 Å². The minimum absolute atomic E-state index is 0.128. The molecule has 5 heteroatoms. The number of rotatable bonds is 3. The molecule has 1 aromatic carbocycles. The first-order valence-corrected chi connectivity index (χ1v) is 7.60. The second kappa shape index (κ2) is 6.28. The van der Waals surface area contributed by atoms with E-state index in [1.807, 2.05) is 11.8 Å². The first kappa shape index (κ1) is 14.2. The number of piperidine rings is 1. The average molecular weight is 283 g/mol. The topological polar surface area (TPSA) is 29.5 Å². The van der Waals surface area contributed by atoms with Crippen LogP contribution in [0, 0.1) is 5.82 Å². The Morgan fingerprint density at radius 2 is 2.11 bits per heavy atom. The molecule has 0 aromatic heterocycles. The summed E-state index contributed by atoms with van der Waals surface area (Å²) in [7, 11) is 1.48. The van der Waals surface area contributed by atoms with Crippen LogP contribution < -0.4 is 4.74 Å². The van der Waals surface area contributed by atoms with Crippen LogP contribution in [0.4, 0.5) is 4.39 Å². The summed E-state index contributed by atoms with van der Waals surface area (Å²) in [5.41, 5.74) is 0.128. The molecule has 0 bridgehead atoms. The van der Waals surface area contributed by atoms with Crippen molar-refractivity contribution in [2.45, 2.75) is 18.1 Å². The highest BCUT2D eigenvalue weighted by molar-refractivity contribution is 7.99. The Morgan fingerprint density at radius 1 is 1.42 bits per heavy atom. The van der Waals surface area contributed by atoms with Gasteiger partial charge in [-0.15, -0.1) is 0 Å². The van der Waals surface area contributed by atoms with Crippen LogP contribution in [0.25, 0.3) is 0 Å². The van der Waals surface area contributed by atoms with Crippen molar-refractivity contribution in [1.82, 2.24) is 4.90 Å². The fourth-order valence-electron chi connectivity index (χ4n) is 2.26. The Labute approximate surface area is 117 Å². The lowest BCUT2D eigenvalue weighted by atomic mass is 10.1. The van der Waals surface area contributed by atoms with E-state index < -0.39 is 5.82 Å². The summed E-state index contributed by atoms with van der Waals surface area (Å²) in [6.45, 7) is 1.41. The summed E-state index contributed by atoms with van der Waals surface area (Å²) in [6, 6.07) is 4.37. The van der Waals surface area contributed by atoms with Crippen molar-refractivity contribution in [1.29, 1.82) is 0 Å². The molecule has 0 unspecified atom stereocenters. The third kappa shape index (κ3) is 3.21. The molecule has 1 fully saturated rings. The summed E-state index contributed by atoms with van der Waals surface area (Å²) in [4.78, 5) is 14.0. The zero-order valence-electron chi connectivity index (χ0n) is 11.2. The summed E-state index contributed by atoms with van der Waals surface area (Å²) < 4.78 is 18.8. The summed E-state index contributed by atoms with van der Waals surface area (Å²) in [5, 5.41) is 0.616. The SMILES string of the molecule is COc1ccc(C(=O)N2CCC(SC)CC2)c(F)c1. The molecule has 1 aromatic rings. The molecular weight excluding hydrogens is 265 g/mol. The lowest BCUT2D eigenvalue weighted by Gasteiger charge is -2.31. The van der Waals surface area contributed by atoms with Gasteiger partial charge in [0.05, 0.1) is 12.7 Å². The molecule has 19 heavy (non-hydrogen) atoms. The van der Waals surface area contributed by atoms with Gasteiger partial charge in [0.15, 0.2) is 0 Å². The fraction of sp³-hybridized carbons (Fsp3) is 0.500. The molecular formula is C14H18FNO2S. The van der Waals surface area contributed by atoms with E-state index in [0.29, 0.717) is 24.1 Å². The molecule has 1 aliphatic rings. The van der Waals surface area contributed by atoms with Gasteiger partial charge in [0.1, 0.15) is 11.6 Å². The zero-order chi connectivity index (χ0) is 13.8. The zero-order valence-corrected chi connectivity index (χ0v) is 12.0. The molecule has 2 rings (SSSR count). The van der Waals surface area contributed by atoms with E-state index in [-0.39, 0.29) is 11.5 Å². The highest BCUT2D eigenvalue weighted by Gasteiger charge is 2.24. The van der Waals surface area contributed by atoms with Crippen molar-refractivity contribution >= 4 is 17.7 Å². The second-order valence-electron chi connectivity index (χ2n) is 4.57. The van der Waals surface area contributed by atoms with Gasteiger partial charge in [-0.05, 0) is 31.2 Å². The van der Waals surface area contributed by atoms with E-state index in [2.05, 4.69) is 6.26 Å². The van der Waals surface area contributed by atoms with E-state index >= 15 is 0 Å². The summed E-state index contributed by atoms with van der Waals surface area (Å²) in [6.07, 6.45) is 4.04. The number of methoxy groups -OCH3 is 1. The maximum atomic E-state index is 13.9. The number of benzene rings is 1. The molecule has 104 valence electrons. The molecule has 0 aliphatic carbocycles. The number of hydrogen-bond acceptors (Lipinski definition) is 3. The van der Waals surface area contributed by atoms with Crippen LogP contribution in [0.1, 0.15) is 23.2 Å². The average Bonchev–Trinajstić information content (AvgIpc) is 2.46. The number of halogens is 1. The summed E-state index contributed by atoms with van der Waals surface area (Å²) in [5.74, 6) is -0.314. The number of ether oxygens (including phenoxy) is 1. The monoisotopic (exact) mass is 283 g/mol. The maximum Gasteiger partial charge on any atom is 0.256 e. The number of thioether (sulfide) groups is 1. The number of likely N-dealkylation sites (tertiary alicyclic amines) is 1. The van der Waals surface area contributed by atoms with Crippen molar-refractivity contribution in [3.63, 3.8) is 0 Å². The second-order valence-corrected chi connectivity index (χ2v) is 5.71. The molecule has 1 amide bonds. The predicted molar refractivity (Wildman–Crippen MR) is 75.4 cm³/mol. The Hall–Kier alpha value is -1.23. The minimum Gasteiger partial charge on any atom is -0.497 e. The molecule has 1 aliphatic heterocycles. The third-order valence-corrected chi connectivity index (χ3v) is 4.61. The van der Waals surface area contributed by atoms with Gasteiger partial charge in [0.2, 0.25) is 0 Å². The molecule has 3 nitrogen and oxygen atoms in total. The number of carbonyl (C=O) groups is 1. The lowest BCUT2D eigenvalue weighted by Crippen LogP contribution is -2.39. The maximum absolute atomic E-state index is 13.9. The molecule has 0 atom stereocenters. The number of amides is 1. The van der Waals surface area contributed by atoms with Crippen LogP contribution in [0.15, 0.2) is 18.2 Å². The van der Waals surface area contributed by atoms with Crippen LogP contribution in [-0.4, -0.2) is 42.5 Å². The Bertz CT molecular complexity index is 459. The van der Waals surface area contributed by atoms with Gasteiger partial charge < -0.3 is 9.64 Å². The van der Waals surface area contributed by atoms with Crippen LogP contribution in [0.3, 0.4) is 0 Å². The third-order valence-electron chi connectivity index (χ3n) is 3.47. The number of nitrogens with zero attached hydrogens (tertiary/aromatic N) is 1. The van der Waals surface area contributed by atoms with Gasteiger partial charge in [-0.3, -0.25) is 4.79 Å². The first-order chi connectivity index (χ1) is 9.15. The quantitative estimate of drug-likeness (QED) is 0.854. The smallest absolute Gasteiger partial charge is 0.256 e. The van der Waals surface area contributed by atoms with E-state index in [1.54, 1.807) is 11.0 Å². The standard InChI is InChI=1S/C14H18FNO2S/c1-18-10-3-4-12(13(15)9-10)14(17)16-7-5-11(19-2)6-8-16/h3-4,9,11H,5-8H2,1-2H3. The normalized spacial score (nSPS) is 16.5. The Morgan fingerprint density at radius 3 is 2.63 bits per heavy atom. The van der Waals surface area contributed by atoms with Crippen molar-refractivity contribution in [2.75, 3.05) is 26.5 Å². The molecule has 1 heterocycles. The molecule has 1 saturated heterocycles. The van der Waals surface area contributed by atoms with E-state index in [1.165, 1.54) is 19.2 Å². The highest BCUT2D eigenvalue weighted by atomic mass is 32.2. The van der Waals surface area contributed by atoms with Crippen LogP contribution in [0.5, 0.6) is 5.75 Å². The van der Waals surface area contributed by atoms with E-state index in [4.69, 9.17) is 4.74 Å². The molecule has 0 saturated carbocycles. The number of carbonyl (C=O) groups excluding carboxylic acids is 1. The molecule has 0 spiro atoms. The van der Waals surface area contributed by atoms with Gasteiger partial charge in [-0.2, -0.15) is 11.8 Å². The van der Waals surface area contributed by atoms with Crippen LogP contribution in [-0.2, 0) is 0 Å². The van der Waals surface area contributed by atoms with Gasteiger partial charge in [-0.1, -0.05) is 0 Å². The largest absolute Gasteiger partial charge is 0.497 e. The van der Waals surface area contributed by atoms with Gasteiger partial charge in [0.25, 0.3) is 5.91 Å². The van der Waals surface area contributed by atoms with Crippen molar-refractivity contribution in [2.24, 2.45) is 0 Å². The van der Waals surface area contributed by atoms with E-state index in [0.717, 1.165) is 12.8 Å². The molecule has 0 radical (unpaired) electrons. The van der Waals surface area contributed by atoms with Gasteiger partial charge in [-0.25, -0.2) is 4.39 Å². The minimum atomic E-state index is -0.517. The van der Waals surface area contributed by atoms with Gasteiger partial charge in [0, 0.05) is 24.4 Å². The summed E-state index contributed by atoms with van der Waals surface area (Å²) >= 11 is 1.83. The van der Waals surface area contributed by atoms with Crippen molar-refractivity contribution < 1.29 is 13.9 Å². The molecule has 0 N–H and O–H groups in total. The Kier molecular flexibility index (Phi) is 4.69. The first-order valence-electron chi connectivity index (χ1n) is 6.31. The number of hydrogen-bond donors (Lipinski definition) is 0. The van der Waals surface area contributed by atoms with Crippen LogP contribution in [0.2, 0.25) is 0 Å². The van der Waals surface area contributed by atoms with Crippen LogP contribution >= 0.6 is 11.8 Å². The lowest BCUT2D eigenvalue weighted by molar-refractivity contribution is 0.0722. The van der Waals surface area contributed by atoms with E-state index in [9.17, 15) is 9.18 Å². The Balaban J connectivity index is 2.08. The van der Waals surface area contributed by atoms with Gasteiger partial charge >= 0.3 is 0 Å². The highest BCUT2D eigenvalue weighted by Crippen LogP contribution is 2.23.